The van der Waals surface area contributed by atoms with Crippen LogP contribution >= 0.6 is 0 Å². The standard InChI is InChI=1S/C14H18N2O5/c1-4-12-15-16-13(21-12)8-20-14-10(18-2)5-9(7-17)6-11(14)19-3/h5-6,17H,4,7-8H2,1-3H3. The van der Waals surface area contributed by atoms with Crippen molar-refractivity contribution in [3.8, 4) is 17.2 Å². The second-order valence-corrected chi connectivity index (χ2v) is 4.22. The Hall–Kier alpha value is -2.28. The number of aryl methyl sites for hydroxylation is 1. The Morgan fingerprint density at radius 3 is 2.19 bits per heavy atom. The third-order valence-corrected chi connectivity index (χ3v) is 2.85. The predicted octanol–water partition coefficient (Wildman–Crippen LogP) is 1.72. The van der Waals surface area contributed by atoms with Crippen LogP contribution in [0, 0.1) is 0 Å². The summed E-state index contributed by atoms with van der Waals surface area (Å²) < 4.78 is 21.6. The molecule has 1 aromatic heterocycles. The molecule has 0 saturated heterocycles. The lowest BCUT2D eigenvalue weighted by atomic mass is 10.2. The number of nitrogens with zero attached hydrogens (tertiary/aromatic N) is 2. The third kappa shape index (κ3) is 3.43. The normalized spacial score (nSPS) is 10.5. The largest absolute Gasteiger partial charge is 0.493 e. The number of rotatable bonds is 7. The first-order valence-corrected chi connectivity index (χ1v) is 6.51. The SMILES string of the molecule is CCc1nnc(COc2c(OC)cc(CO)cc2OC)o1. The molecule has 0 saturated carbocycles. The van der Waals surface area contributed by atoms with Crippen LogP contribution in [0.3, 0.4) is 0 Å². The van der Waals surface area contributed by atoms with Crippen molar-refractivity contribution >= 4 is 0 Å². The molecule has 0 unspecified atom stereocenters. The molecule has 7 heteroatoms. The minimum atomic E-state index is -0.115. The predicted molar refractivity (Wildman–Crippen MR) is 73.5 cm³/mol. The van der Waals surface area contributed by atoms with E-state index in [1.165, 1.54) is 14.2 Å². The van der Waals surface area contributed by atoms with E-state index in [4.69, 9.17) is 18.6 Å². The maximum absolute atomic E-state index is 9.22. The first-order chi connectivity index (χ1) is 10.2. The Labute approximate surface area is 122 Å². The van der Waals surface area contributed by atoms with Gasteiger partial charge in [-0.25, -0.2) is 0 Å². The summed E-state index contributed by atoms with van der Waals surface area (Å²) in [6.45, 7) is 1.92. The summed E-state index contributed by atoms with van der Waals surface area (Å²) in [6.07, 6.45) is 0.671. The highest BCUT2D eigenvalue weighted by atomic mass is 16.5. The lowest BCUT2D eigenvalue weighted by molar-refractivity contribution is 0.233. The molecular formula is C14H18N2O5. The smallest absolute Gasteiger partial charge is 0.253 e. The van der Waals surface area contributed by atoms with Crippen LogP contribution in [0.25, 0.3) is 0 Å². The van der Waals surface area contributed by atoms with Crippen molar-refractivity contribution in [3.63, 3.8) is 0 Å². The van der Waals surface area contributed by atoms with Gasteiger partial charge in [0.2, 0.25) is 11.6 Å². The van der Waals surface area contributed by atoms with Crippen molar-refractivity contribution < 1.29 is 23.7 Å². The average molecular weight is 294 g/mol. The first-order valence-electron chi connectivity index (χ1n) is 6.51. The van der Waals surface area contributed by atoms with Crippen LogP contribution in [0.5, 0.6) is 17.2 Å². The molecule has 114 valence electrons. The molecule has 2 rings (SSSR count). The summed E-state index contributed by atoms with van der Waals surface area (Å²) in [6, 6.07) is 3.37. The molecule has 0 amide bonds. The number of hydrogen-bond acceptors (Lipinski definition) is 7. The Morgan fingerprint density at radius 1 is 1.10 bits per heavy atom. The second-order valence-electron chi connectivity index (χ2n) is 4.22. The highest BCUT2D eigenvalue weighted by molar-refractivity contribution is 5.53. The first kappa shape index (κ1) is 15.1. The summed E-state index contributed by atoms with van der Waals surface area (Å²) >= 11 is 0. The zero-order chi connectivity index (χ0) is 15.2. The molecule has 0 atom stereocenters. The number of ether oxygens (including phenoxy) is 3. The fourth-order valence-corrected chi connectivity index (χ4v) is 1.79. The number of methoxy groups -OCH3 is 2. The van der Waals surface area contributed by atoms with Crippen LogP contribution in [-0.2, 0) is 19.6 Å². The molecule has 2 aromatic rings. The molecule has 0 aliphatic carbocycles. The fourth-order valence-electron chi connectivity index (χ4n) is 1.79. The van der Waals surface area contributed by atoms with Crippen molar-refractivity contribution in [1.29, 1.82) is 0 Å². The topological polar surface area (TPSA) is 86.8 Å². The minimum Gasteiger partial charge on any atom is -0.493 e. The number of hydrogen-bond donors (Lipinski definition) is 1. The van der Waals surface area contributed by atoms with Gasteiger partial charge in [-0.1, -0.05) is 6.92 Å². The molecule has 0 bridgehead atoms. The number of aromatic nitrogens is 2. The van der Waals surface area contributed by atoms with Crippen LogP contribution in [0.15, 0.2) is 16.5 Å². The van der Waals surface area contributed by atoms with Crippen molar-refractivity contribution in [1.82, 2.24) is 10.2 Å². The van der Waals surface area contributed by atoms with E-state index in [9.17, 15) is 5.11 Å². The van der Waals surface area contributed by atoms with Crippen molar-refractivity contribution in [2.24, 2.45) is 0 Å². The van der Waals surface area contributed by atoms with Crippen LogP contribution in [0.4, 0.5) is 0 Å². The Bertz CT molecular complexity index is 572. The van der Waals surface area contributed by atoms with E-state index in [0.29, 0.717) is 41.0 Å². The number of benzene rings is 1. The Balaban J connectivity index is 2.21. The van der Waals surface area contributed by atoms with Gasteiger partial charge in [-0.05, 0) is 17.7 Å². The van der Waals surface area contributed by atoms with Crippen LogP contribution in [0.1, 0.15) is 24.3 Å². The fraction of sp³-hybridized carbons (Fsp3) is 0.429. The van der Waals surface area contributed by atoms with Crippen LogP contribution < -0.4 is 14.2 Å². The highest BCUT2D eigenvalue weighted by Crippen LogP contribution is 2.39. The van der Waals surface area contributed by atoms with Gasteiger partial charge in [-0.3, -0.25) is 0 Å². The van der Waals surface area contributed by atoms with Gasteiger partial charge in [0.1, 0.15) is 0 Å². The molecule has 21 heavy (non-hydrogen) atoms. The van der Waals surface area contributed by atoms with Gasteiger partial charge in [0, 0.05) is 6.42 Å². The maximum Gasteiger partial charge on any atom is 0.253 e. The van der Waals surface area contributed by atoms with Crippen LogP contribution in [-0.4, -0.2) is 29.5 Å². The lowest BCUT2D eigenvalue weighted by Crippen LogP contribution is -2.01. The second kappa shape index (κ2) is 6.94. The van der Waals surface area contributed by atoms with Crippen molar-refractivity contribution in [2.45, 2.75) is 26.6 Å². The van der Waals surface area contributed by atoms with E-state index in [1.54, 1.807) is 12.1 Å². The van der Waals surface area contributed by atoms with Crippen molar-refractivity contribution in [2.75, 3.05) is 14.2 Å². The van der Waals surface area contributed by atoms with Crippen molar-refractivity contribution in [3.05, 3.63) is 29.5 Å². The van der Waals surface area contributed by atoms with E-state index in [2.05, 4.69) is 10.2 Å². The maximum atomic E-state index is 9.22. The zero-order valence-corrected chi connectivity index (χ0v) is 12.3. The molecule has 0 aliphatic heterocycles. The van der Waals surface area contributed by atoms with E-state index in [-0.39, 0.29) is 13.2 Å². The van der Waals surface area contributed by atoms with E-state index in [1.807, 2.05) is 6.92 Å². The monoisotopic (exact) mass is 294 g/mol. The molecule has 1 aromatic carbocycles. The molecule has 0 radical (unpaired) electrons. The van der Waals surface area contributed by atoms with E-state index >= 15 is 0 Å². The quantitative estimate of drug-likeness (QED) is 0.831. The van der Waals surface area contributed by atoms with Gasteiger partial charge >= 0.3 is 0 Å². The van der Waals surface area contributed by atoms with Gasteiger partial charge < -0.3 is 23.7 Å². The van der Waals surface area contributed by atoms with Gasteiger partial charge in [0.15, 0.2) is 18.1 Å². The molecular weight excluding hydrogens is 276 g/mol. The Morgan fingerprint density at radius 2 is 1.71 bits per heavy atom. The van der Waals surface area contributed by atoms with E-state index in [0.717, 1.165) is 0 Å². The summed E-state index contributed by atoms with van der Waals surface area (Å²) in [5, 5.41) is 17.0. The minimum absolute atomic E-state index is 0.109. The van der Waals surface area contributed by atoms with Crippen LogP contribution in [0.2, 0.25) is 0 Å². The van der Waals surface area contributed by atoms with Gasteiger partial charge in [0.05, 0.1) is 20.8 Å². The number of aliphatic hydroxyl groups excluding tert-OH is 1. The van der Waals surface area contributed by atoms with Gasteiger partial charge in [-0.15, -0.1) is 10.2 Å². The number of aliphatic hydroxyl groups is 1. The summed E-state index contributed by atoms with van der Waals surface area (Å²) in [4.78, 5) is 0. The zero-order valence-electron chi connectivity index (χ0n) is 12.3. The molecule has 0 aliphatic rings. The summed E-state index contributed by atoms with van der Waals surface area (Å²) in [5.74, 6) is 2.29. The van der Waals surface area contributed by atoms with Gasteiger partial charge in [0.25, 0.3) is 5.89 Å². The molecule has 7 nitrogen and oxygen atoms in total. The summed E-state index contributed by atoms with van der Waals surface area (Å²) in [5.41, 5.74) is 0.669. The molecule has 0 spiro atoms. The van der Waals surface area contributed by atoms with E-state index < -0.39 is 0 Å². The highest BCUT2D eigenvalue weighted by Gasteiger charge is 2.15. The lowest BCUT2D eigenvalue weighted by Gasteiger charge is -2.14. The average Bonchev–Trinajstić information content (AvgIpc) is 2.99. The molecule has 1 N–H and O–H groups in total. The Kier molecular flexibility index (Phi) is 4.99. The third-order valence-electron chi connectivity index (χ3n) is 2.85. The molecule has 1 heterocycles. The molecule has 0 fully saturated rings. The van der Waals surface area contributed by atoms with Gasteiger partial charge in [-0.2, -0.15) is 0 Å². The summed E-state index contributed by atoms with van der Waals surface area (Å²) in [7, 11) is 3.04.